The maximum atomic E-state index is 12.9. The summed E-state index contributed by atoms with van der Waals surface area (Å²) in [6.07, 6.45) is -9.95. The zero-order valence-electron chi connectivity index (χ0n) is 15.2. The van der Waals surface area contributed by atoms with E-state index in [9.17, 15) is 36.2 Å². The fourth-order valence-corrected chi connectivity index (χ4v) is 3.03. The van der Waals surface area contributed by atoms with E-state index in [1.807, 2.05) is 0 Å². The fourth-order valence-electron chi connectivity index (χ4n) is 3.03. The predicted molar refractivity (Wildman–Crippen MR) is 96.3 cm³/mol. The summed E-state index contributed by atoms with van der Waals surface area (Å²) >= 11 is 0. The highest BCUT2D eigenvalue weighted by molar-refractivity contribution is 5.85. The number of hydrogen-bond acceptors (Lipinski definition) is 2. The van der Waals surface area contributed by atoms with E-state index in [0.717, 1.165) is 10.9 Å². The van der Waals surface area contributed by atoms with E-state index in [4.69, 9.17) is 0 Å². The van der Waals surface area contributed by atoms with Crippen molar-refractivity contribution in [3.63, 3.8) is 0 Å². The molecule has 2 aromatic carbocycles. The smallest absolute Gasteiger partial charge is 0.383 e. The average molecular weight is 430 g/mol. The van der Waals surface area contributed by atoms with Crippen molar-refractivity contribution in [2.75, 3.05) is 0 Å². The number of H-pyrrole nitrogens is 1. The second kappa shape index (κ2) is 8.02. The molecule has 3 aromatic rings. The van der Waals surface area contributed by atoms with E-state index in [2.05, 4.69) is 10.3 Å². The third-order valence-corrected chi connectivity index (χ3v) is 4.51. The Kier molecular flexibility index (Phi) is 5.80. The van der Waals surface area contributed by atoms with Crippen LogP contribution in [0, 0.1) is 0 Å². The van der Waals surface area contributed by atoms with E-state index in [1.165, 1.54) is 0 Å². The minimum Gasteiger partial charge on any atom is -0.383 e. The van der Waals surface area contributed by atoms with E-state index >= 15 is 0 Å². The first kappa shape index (κ1) is 21.7. The normalized spacial score (nSPS) is 13.4. The molecule has 1 aromatic heterocycles. The Bertz CT molecular complexity index is 1020. The minimum absolute atomic E-state index is 0.0111. The van der Waals surface area contributed by atoms with Crippen molar-refractivity contribution in [3.8, 4) is 0 Å². The summed E-state index contributed by atoms with van der Waals surface area (Å²) in [4.78, 5) is 15.1. The molecule has 0 aliphatic carbocycles. The van der Waals surface area contributed by atoms with Crippen molar-refractivity contribution < 1.29 is 36.2 Å². The van der Waals surface area contributed by atoms with Crippen LogP contribution in [-0.4, -0.2) is 22.1 Å². The Morgan fingerprint density at radius 1 is 1.00 bits per heavy atom. The molecule has 0 saturated carbocycles. The second-order valence-electron chi connectivity index (χ2n) is 6.71. The van der Waals surface area contributed by atoms with Gasteiger partial charge >= 0.3 is 12.4 Å². The molecule has 1 atom stereocenters. The van der Waals surface area contributed by atoms with Crippen LogP contribution in [-0.2, 0) is 30.1 Å². The molecule has 10 heteroatoms. The monoisotopic (exact) mass is 430 g/mol. The topological polar surface area (TPSA) is 65.1 Å². The van der Waals surface area contributed by atoms with Gasteiger partial charge < -0.3 is 15.4 Å². The Balaban J connectivity index is 1.71. The molecule has 0 fully saturated rings. The third-order valence-electron chi connectivity index (χ3n) is 4.51. The molecule has 1 amide bonds. The van der Waals surface area contributed by atoms with Gasteiger partial charge in [-0.2, -0.15) is 26.3 Å². The Hall–Kier alpha value is -3.01. The first-order valence-corrected chi connectivity index (χ1v) is 8.74. The van der Waals surface area contributed by atoms with E-state index in [1.54, 1.807) is 30.5 Å². The van der Waals surface area contributed by atoms with Crippen LogP contribution in [0.5, 0.6) is 0 Å². The van der Waals surface area contributed by atoms with Gasteiger partial charge in [-0.3, -0.25) is 4.79 Å². The van der Waals surface area contributed by atoms with E-state index < -0.39 is 42.0 Å². The standard InChI is InChI=1S/C20H16F6N2O2/c21-19(22,23)13-5-11(6-14(8-13)20(24,25)26)9-28-18(30)17(29)7-12-10-27-16-4-2-1-3-15(12)16/h1-6,8,10,17,27,29H,7,9H2,(H,28,30). The number of aliphatic hydroxyl groups excluding tert-OH is 1. The zero-order chi connectivity index (χ0) is 22.1. The van der Waals surface area contributed by atoms with Crippen molar-refractivity contribution in [1.29, 1.82) is 0 Å². The molecule has 1 unspecified atom stereocenters. The Morgan fingerprint density at radius 3 is 2.20 bits per heavy atom. The molecular formula is C20H16F6N2O2. The number of carbonyl (C=O) groups is 1. The first-order chi connectivity index (χ1) is 13.9. The summed E-state index contributed by atoms with van der Waals surface area (Å²) in [5, 5.41) is 13.1. The van der Waals surface area contributed by atoms with Crippen LogP contribution >= 0.6 is 0 Å². The molecule has 0 spiro atoms. The van der Waals surface area contributed by atoms with Gasteiger partial charge in [-0.15, -0.1) is 0 Å². The fraction of sp³-hybridized carbons (Fsp3) is 0.250. The summed E-state index contributed by atoms with van der Waals surface area (Å²) in [6.45, 7) is -0.600. The van der Waals surface area contributed by atoms with Crippen LogP contribution in [0.2, 0.25) is 0 Å². The summed E-state index contributed by atoms with van der Waals surface area (Å²) in [5.74, 6) is -0.911. The molecule has 0 saturated heterocycles. The van der Waals surface area contributed by atoms with Crippen molar-refractivity contribution in [2.45, 2.75) is 31.4 Å². The van der Waals surface area contributed by atoms with Crippen LogP contribution in [0.25, 0.3) is 10.9 Å². The van der Waals surface area contributed by atoms with Crippen molar-refractivity contribution >= 4 is 16.8 Å². The van der Waals surface area contributed by atoms with Crippen LogP contribution in [0.15, 0.2) is 48.7 Å². The van der Waals surface area contributed by atoms with Gasteiger partial charge in [0.15, 0.2) is 0 Å². The van der Waals surface area contributed by atoms with Gasteiger partial charge in [0.1, 0.15) is 6.10 Å². The molecule has 0 aliphatic rings. The van der Waals surface area contributed by atoms with Gasteiger partial charge in [-0.25, -0.2) is 0 Å². The molecule has 1 heterocycles. The number of aromatic amines is 1. The third kappa shape index (κ3) is 4.93. The van der Waals surface area contributed by atoms with Crippen molar-refractivity contribution in [2.24, 2.45) is 0 Å². The van der Waals surface area contributed by atoms with Crippen molar-refractivity contribution in [3.05, 3.63) is 70.9 Å². The maximum absolute atomic E-state index is 12.9. The zero-order valence-corrected chi connectivity index (χ0v) is 15.2. The lowest BCUT2D eigenvalue weighted by Gasteiger charge is -2.15. The molecule has 30 heavy (non-hydrogen) atoms. The van der Waals surface area contributed by atoms with Gasteiger partial charge in [-0.1, -0.05) is 18.2 Å². The number of halogens is 6. The van der Waals surface area contributed by atoms with E-state index in [0.29, 0.717) is 17.7 Å². The average Bonchev–Trinajstić information content (AvgIpc) is 3.07. The molecule has 3 rings (SSSR count). The Morgan fingerprint density at radius 2 is 1.60 bits per heavy atom. The second-order valence-corrected chi connectivity index (χ2v) is 6.71. The molecule has 160 valence electrons. The van der Waals surface area contributed by atoms with Gasteiger partial charge in [0, 0.05) is 30.1 Å². The molecule has 3 N–H and O–H groups in total. The number of nitrogens with one attached hydrogen (secondary N) is 2. The number of fused-ring (bicyclic) bond motifs is 1. The van der Waals surface area contributed by atoms with Gasteiger partial charge in [0.2, 0.25) is 5.91 Å². The predicted octanol–water partition coefficient (Wildman–Crippen LogP) is 4.43. The number of carbonyl (C=O) groups excluding carboxylic acids is 1. The highest BCUT2D eigenvalue weighted by Crippen LogP contribution is 2.36. The molecule has 4 nitrogen and oxygen atoms in total. The molecular weight excluding hydrogens is 414 g/mol. The highest BCUT2D eigenvalue weighted by atomic mass is 19.4. The minimum atomic E-state index is -4.98. The lowest BCUT2D eigenvalue weighted by Crippen LogP contribution is -2.35. The summed E-state index contributed by atoms with van der Waals surface area (Å²) in [5.41, 5.74) is -1.89. The quantitative estimate of drug-likeness (QED) is 0.525. The number of aliphatic hydroxyl groups is 1. The number of rotatable bonds is 5. The number of amides is 1. The maximum Gasteiger partial charge on any atom is 0.416 e. The summed E-state index contributed by atoms with van der Waals surface area (Å²) < 4.78 is 77.4. The number of alkyl halides is 6. The largest absolute Gasteiger partial charge is 0.416 e. The van der Waals surface area contributed by atoms with Crippen molar-refractivity contribution in [1.82, 2.24) is 10.3 Å². The SMILES string of the molecule is O=C(NCc1cc(C(F)(F)F)cc(C(F)(F)F)c1)C(O)Cc1c[nH]c2ccccc12. The Labute approximate surface area is 166 Å². The van der Waals surface area contributed by atoms with Gasteiger partial charge in [0.05, 0.1) is 11.1 Å². The van der Waals surface area contributed by atoms with E-state index in [-0.39, 0.29) is 18.1 Å². The molecule has 0 bridgehead atoms. The number of aromatic nitrogens is 1. The molecule has 0 aliphatic heterocycles. The van der Waals surface area contributed by atoms with Crippen LogP contribution in [0.4, 0.5) is 26.3 Å². The summed E-state index contributed by atoms with van der Waals surface area (Å²) in [6, 6.07) is 8.23. The van der Waals surface area contributed by atoms with Crippen LogP contribution in [0.1, 0.15) is 22.3 Å². The lowest BCUT2D eigenvalue weighted by molar-refractivity contribution is -0.143. The lowest BCUT2D eigenvalue weighted by atomic mass is 10.0. The number of hydrogen-bond donors (Lipinski definition) is 3. The van der Waals surface area contributed by atoms with Crippen LogP contribution < -0.4 is 5.32 Å². The molecule has 0 radical (unpaired) electrons. The van der Waals surface area contributed by atoms with Gasteiger partial charge in [0.25, 0.3) is 0 Å². The number of para-hydroxylation sites is 1. The van der Waals surface area contributed by atoms with Crippen LogP contribution in [0.3, 0.4) is 0 Å². The number of benzene rings is 2. The summed E-state index contributed by atoms with van der Waals surface area (Å²) in [7, 11) is 0. The highest BCUT2D eigenvalue weighted by Gasteiger charge is 2.36. The van der Waals surface area contributed by atoms with Gasteiger partial charge in [-0.05, 0) is 35.4 Å². The first-order valence-electron chi connectivity index (χ1n) is 8.74.